The average Bonchev–Trinajstić information content (AvgIpc) is 2.90. The summed E-state index contributed by atoms with van der Waals surface area (Å²) >= 11 is 0. The Morgan fingerprint density at radius 2 is 2.00 bits per heavy atom. The number of carboxylic acids is 1. The van der Waals surface area contributed by atoms with Crippen LogP contribution in [0.2, 0.25) is 0 Å². The quantitative estimate of drug-likeness (QED) is 0.687. The number of amides is 2. The predicted octanol–water partition coefficient (Wildman–Crippen LogP) is 0.607. The molecule has 4 N–H and O–H groups in total. The van der Waals surface area contributed by atoms with Crippen LogP contribution in [-0.2, 0) is 16.1 Å². The van der Waals surface area contributed by atoms with Gasteiger partial charge in [0.25, 0.3) is 5.91 Å². The Kier molecular flexibility index (Phi) is 4.59. The topological polar surface area (TPSA) is 127 Å². The van der Waals surface area contributed by atoms with E-state index >= 15 is 0 Å². The number of nitrogens with one attached hydrogen (secondary N) is 1. The van der Waals surface area contributed by atoms with Crippen molar-refractivity contribution in [2.45, 2.75) is 26.3 Å². The molecule has 1 heterocycles. The second-order valence-corrected chi connectivity index (χ2v) is 5.09. The van der Waals surface area contributed by atoms with Gasteiger partial charge in [-0.1, -0.05) is 12.2 Å². The van der Waals surface area contributed by atoms with Crippen LogP contribution in [0, 0.1) is 11.8 Å². The number of carbonyl (C=O) groups excluding carboxylic acids is 2. The molecule has 8 heteroatoms. The molecule has 1 aromatic heterocycles. The van der Waals surface area contributed by atoms with Crippen LogP contribution in [0.3, 0.4) is 0 Å². The molecular weight excluding hydrogens is 288 g/mol. The minimum Gasteiger partial charge on any atom is -0.481 e. The van der Waals surface area contributed by atoms with Gasteiger partial charge in [-0.25, -0.2) is 0 Å². The van der Waals surface area contributed by atoms with Crippen molar-refractivity contribution in [3.05, 3.63) is 24.0 Å². The third kappa shape index (κ3) is 3.16. The monoisotopic (exact) mass is 306 g/mol. The van der Waals surface area contributed by atoms with Crippen LogP contribution in [0.1, 0.15) is 30.3 Å². The lowest BCUT2D eigenvalue weighted by molar-refractivity contribution is -0.146. The van der Waals surface area contributed by atoms with Crippen molar-refractivity contribution in [1.29, 1.82) is 0 Å². The molecule has 0 unspecified atom stereocenters. The summed E-state index contributed by atoms with van der Waals surface area (Å²) in [6.45, 7) is 2.34. The molecule has 0 aromatic carbocycles. The van der Waals surface area contributed by atoms with Crippen LogP contribution >= 0.6 is 0 Å². The number of nitrogens with two attached hydrogens (primary N) is 1. The van der Waals surface area contributed by atoms with E-state index in [2.05, 4.69) is 10.4 Å². The van der Waals surface area contributed by atoms with Gasteiger partial charge in [0.2, 0.25) is 5.91 Å². The summed E-state index contributed by atoms with van der Waals surface area (Å²) in [5, 5.41) is 15.8. The van der Waals surface area contributed by atoms with Crippen LogP contribution in [-0.4, -0.2) is 32.7 Å². The van der Waals surface area contributed by atoms with Crippen LogP contribution < -0.4 is 11.1 Å². The summed E-state index contributed by atoms with van der Waals surface area (Å²) in [4.78, 5) is 35.0. The maximum absolute atomic E-state index is 12.4. The molecule has 0 fully saturated rings. The summed E-state index contributed by atoms with van der Waals surface area (Å²) in [5.41, 5.74) is 5.41. The molecule has 2 rings (SSSR count). The smallest absolute Gasteiger partial charge is 0.307 e. The number of hydrogen-bond donors (Lipinski definition) is 3. The van der Waals surface area contributed by atoms with Crippen molar-refractivity contribution in [3.8, 4) is 0 Å². The molecule has 2 amide bonds. The molecule has 2 atom stereocenters. The minimum atomic E-state index is -1.01. The Morgan fingerprint density at radius 3 is 2.55 bits per heavy atom. The first-order valence-corrected chi connectivity index (χ1v) is 7.00. The molecule has 0 bridgehead atoms. The molecule has 0 saturated heterocycles. The van der Waals surface area contributed by atoms with E-state index < -0.39 is 29.6 Å². The van der Waals surface area contributed by atoms with Crippen molar-refractivity contribution in [2.75, 3.05) is 5.32 Å². The highest BCUT2D eigenvalue weighted by Crippen LogP contribution is 2.27. The molecule has 0 spiro atoms. The number of aromatic nitrogens is 2. The molecule has 1 aliphatic carbocycles. The highest BCUT2D eigenvalue weighted by atomic mass is 16.4. The van der Waals surface area contributed by atoms with Crippen molar-refractivity contribution in [3.63, 3.8) is 0 Å². The molecule has 0 radical (unpaired) electrons. The second-order valence-electron chi connectivity index (χ2n) is 5.09. The zero-order valence-corrected chi connectivity index (χ0v) is 12.2. The lowest BCUT2D eigenvalue weighted by Gasteiger charge is -2.24. The van der Waals surface area contributed by atoms with E-state index in [9.17, 15) is 19.5 Å². The third-order valence-corrected chi connectivity index (χ3v) is 3.66. The van der Waals surface area contributed by atoms with Gasteiger partial charge >= 0.3 is 5.97 Å². The number of carboxylic acid groups (broad SMARTS) is 1. The first kappa shape index (κ1) is 15.7. The van der Waals surface area contributed by atoms with Gasteiger partial charge < -0.3 is 16.2 Å². The zero-order chi connectivity index (χ0) is 16.3. The molecule has 22 heavy (non-hydrogen) atoms. The van der Waals surface area contributed by atoms with E-state index in [4.69, 9.17) is 5.73 Å². The second kappa shape index (κ2) is 6.42. The number of aliphatic carboxylic acids is 1. The molecule has 1 aliphatic rings. The van der Waals surface area contributed by atoms with Gasteiger partial charge in [0, 0.05) is 12.7 Å². The van der Waals surface area contributed by atoms with Crippen LogP contribution in [0.15, 0.2) is 18.3 Å². The van der Waals surface area contributed by atoms with E-state index in [1.807, 2.05) is 6.92 Å². The number of hydrogen-bond acceptors (Lipinski definition) is 4. The van der Waals surface area contributed by atoms with Gasteiger partial charge in [-0.05, 0) is 19.8 Å². The maximum Gasteiger partial charge on any atom is 0.307 e. The first-order valence-electron chi connectivity index (χ1n) is 7.00. The van der Waals surface area contributed by atoms with Crippen LogP contribution in [0.4, 0.5) is 5.69 Å². The maximum atomic E-state index is 12.4. The normalized spacial score (nSPS) is 20.6. The Bertz CT molecular complexity index is 635. The zero-order valence-electron chi connectivity index (χ0n) is 12.2. The van der Waals surface area contributed by atoms with E-state index in [1.165, 1.54) is 10.9 Å². The summed E-state index contributed by atoms with van der Waals surface area (Å²) in [5.74, 6) is -3.67. The number of allylic oxidation sites excluding steroid dienone is 2. The van der Waals surface area contributed by atoms with Gasteiger partial charge in [-0.15, -0.1) is 0 Å². The van der Waals surface area contributed by atoms with Gasteiger partial charge in [0.1, 0.15) is 0 Å². The summed E-state index contributed by atoms with van der Waals surface area (Å²) in [6, 6.07) is 0. The van der Waals surface area contributed by atoms with Crippen LogP contribution in [0.25, 0.3) is 0 Å². The Hall–Kier alpha value is -2.64. The van der Waals surface area contributed by atoms with Gasteiger partial charge in [-0.3, -0.25) is 19.1 Å². The van der Waals surface area contributed by atoms with Crippen molar-refractivity contribution in [2.24, 2.45) is 17.6 Å². The highest BCUT2D eigenvalue weighted by Gasteiger charge is 2.34. The number of nitrogens with zero attached hydrogens (tertiary/aromatic N) is 2. The number of carbonyl (C=O) groups is 3. The highest BCUT2D eigenvalue weighted by molar-refractivity contribution is 6.02. The number of rotatable bonds is 5. The Morgan fingerprint density at radius 1 is 1.36 bits per heavy atom. The number of aryl methyl sites for hydroxylation is 1. The van der Waals surface area contributed by atoms with Crippen LogP contribution in [0.5, 0.6) is 0 Å². The van der Waals surface area contributed by atoms with E-state index in [0.29, 0.717) is 19.4 Å². The third-order valence-electron chi connectivity index (χ3n) is 3.66. The predicted molar refractivity (Wildman–Crippen MR) is 78.0 cm³/mol. The van der Waals surface area contributed by atoms with Crippen molar-refractivity contribution < 1.29 is 19.5 Å². The molecule has 0 saturated carbocycles. The van der Waals surface area contributed by atoms with E-state index in [1.54, 1.807) is 12.2 Å². The molecule has 8 nitrogen and oxygen atoms in total. The molecular formula is C14H18N4O4. The summed E-state index contributed by atoms with van der Waals surface area (Å²) in [7, 11) is 0. The van der Waals surface area contributed by atoms with Crippen molar-refractivity contribution in [1.82, 2.24) is 9.78 Å². The summed E-state index contributed by atoms with van der Waals surface area (Å²) in [6.07, 6.45) is 5.70. The van der Waals surface area contributed by atoms with Crippen molar-refractivity contribution >= 4 is 23.5 Å². The van der Waals surface area contributed by atoms with Gasteiger partial charge in [0.05, 0.1) is 17.5 Å². The van der Waals surface area contributed by atoms with Gasteiger partial charge in [0.15, 0.2) is 5.69 Å². The Balaban J connectivity index is 2.21. The first-order chi connectivity index (χ1) is 10.4. The number of primary amides is 1. The average molecular weight is 306 g/mol. The fourth-order valence-electron chi connectivity index (χ4n) is 2.46. The standard InChI is InChI=1S/C14H18N4O4/c1-2-18-7-10(11(17-18)12(15)19)16-13(20)8-5-3-4-6-9(8)14(21)22/h3-4,7-9H,2,5-6H2,1H3,(H2,15,19)(H,16,20)(H,21,22)/t8-,9-/m0/s1. The fraction of sp³-hybridized carbons (Fsp3) is 0.429. The fourth-order valence-corrected chi connectivity index (χ4v) is 2.46. The number of anilines is 1. The lowest BCUT2D eigenvalue weighted by Crippen LogP contribution is -2.35. The molecule has 0 aliphatic heterocycles. The Labute approximate surface area is 127 Å². The summed E-state index contributed by atoms with van der Waals surface area (Å²) < 4.78 is 1.48. The van der Waals surface area contributed by atoms with Gasteiger partial charge in [-0.2, -0.15) is 5.10 Å². The molecule has 1 aromatic rings. The minimum absolute atomic E-state index is 0.0339. The lowest BCUT2D eigenvalue weighted by atomic mass is 9.82. The van der Waals surface area contributed by atoms with E-state index in [0.717, 1.165) is 0 Å². The SMILES string of the molecule is CCn1cc(NC(=O)[C@H]2CC=CC[C@@H]2C(=O)O)c(C(N)=O)n1. The van der Waals surface area contributed by atoms with E-state index in [-0.39, 0.29) is 11.4 Å². The largest absolute Gasteiger partial charge is 0.481 e. The molecule has 118 valence electrons.